The van der Waals surface area contributed by atoms with Crippen molar-refractivity contribution < 1.29 is 14.3 Å². The van der Waals surface area contributed by atoms with E-state index in [1.54, 1.807) is 12.1 Å². The van der Waals surface area contributed by atoms with E-state index in [0.717, 1.165) is 12.0 Å². The second kappa shape index (κ2) is 6.64. The summed E-state index contributed by atoms with van der Waals surface area (Å²) in [6.45, 7) is 5.61. The summed E-state index contributed by atoms with van der Waals surface area (Å²) in [6.07, 6.45) is 0.290. The fourth-order valence-corrected chi connectivity index (χ4v) is 1.38. The van der Waals surface area contributed by atoms with Crippen molar-refractivity contribution in [1.29, 1.82) is 0 Å². The number of hydrogen-bond acceptors (Lipinski definition) is 3. The van der Waals surface area contributed by atoms with E-state index < -0.39 is 6.09 Å². The Bertz CT molecular complexity index is 444. The van der Waals surface area contributed by atoms with Gasteiger partial charge in [-0.1, -0.05) is 13.0 Å². The van der Waals surface area contributed by atoms with Gasteiger partial charge in [-0.05, 0) is 31.0 Å². The van der Waals surface area contributed by atoms with Gasteiger partial charge in [-0.2, -0.15) is 0 Å². The van der Waals surface area contributed by atoms with Crippen molar-refractivity contribution in [3.05, 3.63) is 23.8 Å². The molecule has 0 bridgehead atoms. The molecule has 0 unspecified atom stereocenters. The molecule has 0 heterocycles. The Hall–Kier alpha value is -2.04. The number of carbonyl (C=O) groups is 2. The minimum atomic E-state index is -0.486. The van der Waals surface area contributed by atoms with Crippen molar-refractivity contribution in [2.75, 3.05) is 17.2 Å². The van der Waals surface area contributed by atoms with Crippen molar-refractivity contribution in [2.45, 2.75) is 27.2 Å². The molecule has 2 N–H and O–H groups in total. The van der Waals surface area contributed by atoms with Crippen molar-refractivity contribution in [3.8, 4) is 0 Å². The minimum Gasteiger partial charge on any atom is -0.449 e. The van der Waals surface area contributed by atoms with Gasteiger partial charge >= 0.3 is 6.09 Å². The zero-order valence-corrected chi connectivity index (χ0v) is 10.9. The zero-order chi connectivity index (χ0) is 13.5. The monoisotopic (exact) mass is 250 g/mol. The van der Waals surface area contributed by atoms with Crippen molar-refractivity contribution in [3.63, 3.8) is 0 Å². The SMILES string of the molecule is CCCOC(=O)Nc1cc(NC(C)=O)ccc1C. The van der Waals surface area contributed by atoms with Crippen LogP contribution in [0.5, 0.6) is 0 Å². The smallest absolute Gasteiger partial charge is 0.411 e. The zero-order valence-electron chi connectivity index (χ0n) is 10.9. The van der Waals surface area contributed by atoms with Gasteiger partial charge in [0, 0.05) is 18.3 Å². The number of carbonyl (C=O) groups excluding carboxylic acids is 2. The summed E-state index contributed by atoms with van der Waals surface area (Å²) in [6, 6.07) is 5.30. The Morgan fingerprint density at radius 3 is 2.61 bits per heavy atom. The molecule has 0 aliphatic heterocycles. The Morgan fingerprint density at radius 2 is 2.00 bits per heavy atom. The van der Waals surface area contributed by atoms with Crippen LogP contribution in [-0.2, 0) is 9.53 Å². The van der Waals surface area contributed by atoms with Crippen molar-refractivity contribution in [2.24, 2.45) is 0 Å². The first-order valence-corrected chi connectivity index (χ1v) is 5.85. The first-order valence-electron chi connectivity index (χ1n) is 5.85. The largest absolute Gasteiger partial charge is 0.449 e. The first kappa shape index (κ1) is 14.0. The van der Waals surface area contributed by atoms with Crippen LogP contribution in [0.1, 0.15) is 25.8 Å². The highest BCUT2D eigenvalue weighted by Gasteiger charge is 2.06. The summed E-state index contributed by atoms with van der Waals surface area (Å²) in [5.41, 5.74) is 2.17. The minimum absolute atomic E-state index is 0.154. The lowest BCUT2D eigenvalue weighted by Crippen LogP contribution is -2.15. The number of benzene rings is 1. The van der Waals surface area contributed by atoms with Crippen LogP contribution >= 0.6 is 0 Å². The molecule has 5 nitrogen and oxygen atoms in total. The van der Waals surface area contributed by atoms with E-state index in [1.165, 1.54) is 6.92 Å². The quantitative estimate of drug-likeness (QED) is 0.863. The normalized spacial score (nSPS) is 9.72. The van der Waals surface area contributed by atoms with Crippen LogP contribution in [0.4, 0.5) is 16.2 Å². The molecule has 0 saturated heterocycles. The average molecular weight is 250 g/mol. The topological polar surface area (TPSA) is 67.4 Å². The number of amides is 2. The molecule has 2 amide bonds. The molecule has 0 aliphatic carbocycles. The van der Waals surface area contributed by atoms with Gasteiger partial charge in [-0.15, -0.1) is 0 Å². The third-order valence-electron chi connectivity index (χ3n) is 2.23. The predicted octanol–water partition coefficient (Wildman–Crippen LogP) is 2.91. The van der Waals surface area contributed by atoms with E-state index in [-0.39, 0.29) is 5.91 Å². The van der Waals surface area contributed by atoms with E-state index >= 15 is 0 Å². The summed E-state index contributed by atoms with van der Waals surface area (Å²) in [5, 5.41) is 5.30. The molecule has 1 rings (SSSR count). The van der Waals surface area contributed by atoms with Gasteiger partial charge in [0.1, 0.15) is 0 Å². The molecule has 0 aromatic heterocycles. The molecule has 18 heavy (non-hydrogen) atoms. The molecule has 0 radical (unpaired) electrons. The Morgan fingerprint density at radius 1 is 1.28 bits per heavy atom. The molecule has 1 aromatic rings. The predicted molar refractivity (Wildman–Crippen MR) is 70.7 cm³/mol. The second-order valence-corrected chi connectivity index (χ2v) is 3.97. The highest BCUT2D eigenvalue weighted by molar-refractivity contribution is 5.91. The Labute approximate surface area is 107 Å². The molecule has 1 aromatic carbocycles. The first-order chi connectivity index (χ1) is 8.52. The van der Waals surface area contributed by atoms with E-state index in [9.17, 15) is 9.59 Å². The summed E-state index contributed by atoms with van der Waals surface area (Å²) >= 11 is 0. The molecule has 0 atom stereocenters. The van der Waals surface area contributed by atoms with Crippen molar-refractivity contribution >= 4 is 23.4 Å². The number of rotatable bonds is 4. The van der Waals surface area contributed by atoms with Gasteiger partial charge < -0.3 is 10.1 Å². The van der Waals surface area contributed by atoms with Gasteiger partial charge in [0.15, 0.2) is 0 Å². The lowest BCUT2D eigenvalue weighted by Gasteiger charge is -2.11. The fraction of sp³-hybridized carbons (Fsp3) is 0.385. The van der Waals surface area contributed by atoms with Crippen LogP contribution in [-0.4, -0.2) is 18.6 Å². The van der Waals surface area contributed by atoms with Crippen LogP contribution in [0.25, 0.3) is 0 Å². The van der Waals surface area contributed by atoms with Gasteiger partial charge in [-0.3, -0.25) is 10.1 Å². The number of anilines is 2. The third-order valence-corrected chi connectivity index (χ3v) is 2.23. The fourth-order valence-electron chi connectivity index (χ4n) is 1.38. The van der Waals surface area contributed by atoms with Gasteiger partial charge in [0.25, 0.3) is 0 Å². The van der Waals surface area contributed by atoms with Crippen LogP contribution < -0.4 is 10.6 Å². The second-order valence-electron chi connectivity index (χ2n) is 3.97. The van der Waals surface area contributed by atoms with Gasteiger partial charge in [0.2, 0.25) is 5.91 Å². The Kier molecular flexibility index (Phi) is 5.17. The summed E-state index contributed by atoms with van der Waals surface area (Å²) in [4.78, 5) is 22.4. The number of ether oxygens (including phenoxy) is 1. The van der Waals surface area contributed by atoms with E-state index in [4.69, 9.17) is 4.74 Å². The standard InChI is InChI=1S/C13H18N2O3/c1-4-7-18-13(17)15-12-8-11(14-10(3)16)6-5-9(12)2/h5-6,8H,4,7H2,1-3H3,(H,14,16)(H,15,17). The third kappa shape index (κ3) is 4.45. The summed E-state index contributed by atoms with van der Waals surface area (Å²) in [5.74, 6) is -0.154. The summed E-state index contributed by atoms with van der Waals surface area (Å²) in [7, 11) is 0. The van der Waals surface area contributed by atoms with Crippen LogP contribution in [0.3, 0.4) is 0 Å². The molecule has 0 aliphatic rings. The molecule has 5 heteroatoms. The number of hydrogen-bond donors (Lipinski definition) is 2. The maximum absolute atomic E-state index is 11.4. The molecule has 0 saturated carbocycles. The molecule has 0 spiro atoms. The number of nitrogens with one attached hydrogen (secondary N) is 2. The maximum Gasteiger partial charge on any atom is 0.411 e. The Balaban J connectivity index is 2.74. The van der Waals surface area contributed by atoms with Crippen LogP contribution in [0.15, 0.2) is 18.2 Å². The molecular formula is C13H18N2O3. The molecule has 0 fully saturated rings. The van der Waals surface area contributed by atoms with Gasteiger partial charge in [0.05, 0.1) is 6.61 Å². The molecule has 98 valence electrons. The van der Waals surface area contributed by atoms with E-state index in [2.05, 4.69) is 10.6 Å². The maximum atomic E-state index is 11.4. The van der Waals surface area contributed by atoms with Crippen LogP contribution in [0, 0.1) is 6.92 Å². The van der Waals surface area contributed by atoms with Crippen LogP contribution in [0.2, 0.25) is 0 Å². The highest BCUT2D eigenvalue weighted by Crippen LogP contribution is 2.20. The lowest BCUT2D eigenvalue weighted by atomic mass is 10.2. The summed E-state index contributed by atoms with van der Waals surface area (Å²) < 4.78 is 4.93. The van der Waals surface area contributed by atoms with E-state index in [1.807, 2.05) is 19.9 Å². The van der Waals surface area contributed by atoms with E-state index in [0.29, 0.717) is 18.0 Å². The average Bonchev–Trinajstić information content (AvgIpc) is 2.30. The van der Waals surface area contributed by atoms with Gasteiger partial charge in [-0.25, -0.2) is 4.79 Å². The van der Waals surface area contributed by atoms with Crippen molar-refractivity contribution in [1.82, 2.24) is 0 Å². The highest BCUT2D eigenvalue weighted by atomic mass is 16.5. The number of aryl methyl sites for hydroxylation is 1. The molecular weight excluding hydrogens is 232 g/mol. The lowest BCUT2D eigenvalue weighted by molar-refractivity contribution is -0.114.